The Labute approximate surface area is 111 Å². The highest BCUT2D eigenvalue weighted by Gasteiger charge is 2.08. The lowest BCUT2D eigenvalue weighted by Crippen LogP contribution is -2.13. The molecule has 0 aromatic carbocycles. The number of anilines is 1. The van der Waals surface area contributed by atoms with Gasteiger partial charge in [-0.2, -0.15) is 4.39 Å². The van der Waals surface area contributed by atoms with Gasteiger partial charge in [-0.3, -0.25) is 4.79 Å². The topological polar surface area (TPSA) is 54.9 Å². The van der Waals surface area contributed by atoms with Crippen LogP contribution in [0.3, 0.4) is 0 Å². The number of pyridine rings is 2. The average Bonchev–Trinajstić information content (AvgIpc) is 2.34. The van der Waals surface area contributed by atoms with Crippen molar-refractivity contribution >= 4 is 27.7 Å². The molecule has 0 aliphatic rings. The lowest BCUT2D eigenvalue weighted by Gasteiger charge is -2.05. The Kier molecular flexibility index (Phi) is 3.66. The number of rotatable bonds is 2. The van der Waals surface area contributed by atoms with Gasteiger partial charge in [0, 0.05) is 10.7 Å². The molecular weight excluding hydrogens is 301 g/mol. The Morgan fingerprint density at radius 3 is 2.72 bits per heavy atom. The number of hydrogen-bond acceptors (Lipinski definition) is 3. The van der Waals surface area contributed by atoms with E-state index in [1.165, 1.54) is 12.3 Å². The van der Waals surface area contributed by atoms with E-state index in [1.807, 2.05) is 6.92 Å². The van der Waals surface area contributed by atoms with E-state index in [9.17, 15) is 9.18 Å². The zero-order valence-electron chi connectivity index (χ0n) is 9.45. The number of nitrogens with one attached hydrogen (secondary N) is 1. The summed E-state index contributed by atoms with van der Waals surface area (Å²) in [4.78, 5) is 19.4. The molecule has 4 nitrogen and oxygen atoms in total. The van der Waals surface area contributed by atoms with Crippen molar-refractivity contribution in [1.29, 1.82) is 0 Å². The monoisotopic (exact) mass is 309 g/mol. The van der Waals surface area contributed by atoms with Gasteiger partial charge in [0.05, 0.1) is 11.3 Å². The zero-order chi connectivity index (χ0) is 13.1. The number of amides is 1. The van der Waals surface area contributed by atoms with Gasteiger partial charge in [0.15, 0.2) is 0 Å². The standard InChI is InChI=1S/C12H9BrFN3O/c1-7-9(13)3-5-11(16-7)17-12(18)8-2-4-10(14)15-6-8/h2-6H,1H3,(H,16,17,18). The molecule has 0 unspecified atom stereocenters. The molecule has 0 atom stereocenters. The fourth-order valence-corrected chi connectivity index (χ4v) is 1.53. The van der Waals surface area contributed by atoms with E-state index in [0.29, 0.717) is 5.82 Å². The summed E-state index contributed by atoms with van der Waals surface area (Å²) in [7, 11) is 0. The molecule has 18 heavy (non-hydrogen) atoms. The molecule has 0 aliphatic heterocycles. The highest BCUT2D eigenvalue weighted by atomic mass is 79.9. The van der Waals surface area contributed by atoms with E-state index in [2.05, 4.69) is 31.2 Å². The average molecular weight is 310 g/mol. The van der Waals surface area contributed by atoms with Crippen LogP contribution in [0.1, 0.15) is 16.1 Å². The fourth-order valence-electron chi connectivity index (χ4n) is 1.31. The molecule has 6 heteroatoms. The molecule has 2 aromatic rings. The Bertz CT molecular complexity index is 586. The number of aromatic nitrogens is 2. The number of nitrogens with zero attached hydrogens (tertiary/aromatic N) is 2. The first kappa shape index (κ1) is 12.6. The molecule has 2 aromatic heterocycles. The van der Waals surface area contributed by atoms with Crippen molar-refractivity contribution in [2.24, 2.45) is 0 Å². The van der Waals surface area contributed by atoms with Crippen molar-refractivity contribution in [2.45, 2.75) is 6.92 Å². The van der Waals surface area contributed by atoms with Crippen LogP contribution in [0.4, 0.5) is 10.2 Å². The van der Waals surface area contributed by atoms with E-state index < -0.39 is 5.95 Å². The first-order valence-electron chi connectivity index (χ1n) is 5.12. The van der Waals surface area contributed by atoms with Crippen LogP contribution < -0.4 is 5.32 Å². The highest BCUT2D eigenvalue weighted by molar-refractivity contribution is 9.10. The summed E-state index contributed by atoms with van der Waals surface area (Å²) in [5.41, 5.74) is 1.05. The Hall–Kier alpha value is -1.82. The molecule has 0 aliphatic carbocycles. The minimum absolute atomic E-state index is 0.277. The van der Waals surface area contributed by atoms with Crippen LogP contribution in [-0.2, 0) is 0 Å². The first-order chi connectivity index (χ1) is 8.56. The van der Waals surface area contributed by atoms with Crippen LogP contribution in [0.15, 0.2) is 34.9 Å². The van der Waals surface area contributed by atoms with Crippen molar-refractivity contribution in [3.63, 3.8) is 0 Å². The molecule has 0 fully saturated rings. The number of hydrogen-bond donors (Lipinski definition) is 1. The van der Waals surface area contributed by atoms with Crippen molar-refractivity contribution in [3.05, 3.63) is 52.1 Å². The summed E-state index contributed by atoms with van der Waals surface area (Å²) >= 11 is 3.32. The Balaban J connectivity index is 2.16. The number of carbonyl (C=O) groups is 1. The minimum atomic E-state index is -0.621. The molecule has 0 saturated carbocycles. The maximum Gasteiger partial charge on any atom is 0.258 e. The second-order valence-electron chi connectivity index (χ2n) is 3.59. The van der Waals surface area contributed by atoms with E-state index in [-0.39, 0.29) is 11.5 Å². The van der Waals surface area contributed by atoms with E-state index in [4.69, 9.17) is 0 Å². The normalized spacial score (nSPS) is 10.2. The fraction of sp³-hybridized carbons (Fsp3) is 0.0833. The minimum Gasteiger partial charge on any atom is -0.307 e. The van der Waals surface area contributed by atoms with Gasteiger partial charge in [0.1, 0.15) is 5.82 Å². The van der Waals surface area contributed by atoms with Gasteiger partial charge >= 0.3 is 0 Å². The highest BCUT2D eigenvalue weighted by Crippen LogP contribution is 2.16. The van der Waals surface area contributed by atoms with Gasteiger partial charge in [-0.05, 0) is 47.1 Å². The van der Waals surface area contributed by atoms with Crippen LogP contribution in [0, 0.1) is 12.9 Å². The predicted molar refractivity (Wildman–Crippen MR) is 68.8 cm³/mol. The second kappa shape index (κ2) is 5.22. The van der Waals surface area contributed by atoms with Crippen molar-refractivity contribution < 1.29 is 9.18 Å². The third-order valence-corrected chi connectivity index (χ3v) is 3.09. The van der Waals surface area contributed by atoms with Crippen molar-refractivity contribution in [2.75, 3.05) is 5.32 Å². The van der Waals surface area contributed by atoms with E-state index in [0.717, 1.165) is 16.2 Å². The summed E-state index contributed by atoms with van der Waals surface area (Å²) in [6, 6.07) is 5.96. The van der Waals surface area contributed by atoms with Crippen LogP contribution >= 0.6 is 15.9 Å². The van der Waals surface area contributed by atoms with Crippen LogP contribution in [0.5, 0.6) is 0 Å². The summed E-state index contributed by atoms with van der Waals surface area (Å²) in [6.07, 6.45) is 1.18. The Morgan fingerprint density at radius 1 is 1.33 bits per heavy atom. The smallest absolute Gasteiger partial charge is 0.258 e. The SMILES string of the molecule is Cc1nc(NC(=O)c2ccc(F)nc2)ccc1Br. The van der Waals surface area contributed by atoms with Gasteiger partial charge < -0.3 is 5.32 Å². The van der Waals surface area contributed by atoms with Gasteiger partial charge in [-0.15, -0.1) is 0 Å². The quantitative estimate of drug-likeness (QED) is 0.868. The zero-order valence-corrected chi connectivity index (χ0v) is 11.0. The van der Waals surface area contributed by atoms with Crippen LogP contribution in [0.2, 0.25) is 0 Å². The summed E-state index contributed by atoms with van der Waals surface area (Å²) in [6.45, 7) is 1.82. The number of carbonyl (C=O) groups excluding carboxylic acids is 1. The number of halogens is 2. The molecule has 2 heterocycles. The lowest BCUT2D eigenvalue weighted by molar-refractivity contribution is 0.102. The second-order valence-corrected chi connectivity index (χ2v) is 4.44. The summed E-state index contributed by atoms with van der Waals surface area (Å²) in [5, 5.41) is 2.61. The van der Waals surface area contributed by atoms with Crippen molar-refractivity contribution in [3.8, 4) is 0 Å². The Morgan fingerprint density at radius 2 is 2.11 bits per heavy atom. The summed E-state index contributed by atoms with van der Waals surface area (Å²) in [5.74, 6) is -0.564. The van der Waals surface area contributed by atoms with Gasteiger partial charge in [0.25, 0.3) is 5.91 Å². The molecule has 0 radical (unpaired) electrons. The van der Waals surface area contributed by atoms with Crippen molar-refractivity contribution in [1.82, 2.24) is 9.97 Å². The molecular formula is C12H9BrFN3O. The third kappa shape index (κ3) is 2.89. The van der Waals surface area contributed by atoms with Gasteiger partial charge in [0.2, 0.25) is 5.95 Å². The van der Waals surface area contributed by atoms with Gasteiger partial charge in [-0.25, -0.2) is 9.97 Å². The predicted octanol–water partition coefficient (Wildman–Crippen LogP) is 2.94. The van der Waals surface area contributed by atoms with Crippen LogP contribution in [0.25, 0.3) is 0 Å². The molecule has 92 valence electrons. The molecule has 0 saturated heterocycles. The van der Waals surface area contributed by atoms with Crippen LogP contribution in [-0.4, -0.2) is 15.9 Å². The van der Waals surface area contributed by atoms with E-state index >= 15 is 0 Å². The molecule has 1 amide bonds. The first-order valence-corrected chi connectivity index (χ1v) is 5.91. The molecule has 1 N–H and O–H groups in total. The molecule has 0 spiro atoms. The maximum atomic E-state index is 12.6. The molecule has 2 rings (SSSR count). The summed E-state index contributed by atoms with van der Waals surface area (Å²) < 4.78 is 13.5. The molecule has 0 bridgehead atoms. The van der Waals surface area contributed by atoms with E-state index in [1.54, 1.807) is 12.1 Å². The lowest BCUT2D eigenvalue weighted by atomic mass is 10.2. The number of aryl methyl sites for hydroxylation is 1. The largest absolute Gasteiger partial charge is 0.307 e. The van der Waals surface area contributed by atoms with Gasteiger partial charge in [-0.1, -0.05) is 0 Å². The third-order valence-electron chi connectivity index (χ3n) is 2.25. The maximum absolute atomic E-state index is 12.6.